The highest BCUT2D eigenvalue weighted by molar-refractivity contribution is 6.39. The number of nitrogens with one attached hydrogen (secondary N) is 2. The molecule has 136 valence electrons. The molecule has 9 heteroatoms. The number of amides is 2. The number of ether oxygens (including phenoxy) is 1. The molecule has 0 spiro atoms. The van der Waals surface area contributed by atoms with Crippen LogP contribution in [-0.2, 0) is 15.8 Å². The lowest BCUT2D eigenvalue weighted by Gasteiger charge is -2.09. The lowest BCUT2D eigenvalue weighted by Crippen LogP contribution is -2.32. The van der Waals surface area contributed by atoms with Gasteiger partial charge in [0, 0.05) is 17.3 Å². The lowest BCUT2D eigenvalue weighted by atomic mass is 10.1. The summed E-state index contributed by atoms with van der Waals surface area (Å²) in [6.45, 7) is 0. The number of halogens is 3. The van der Waals surface area contributed by atoms with Crippen LogP contribution < -0.4 is 15.5 Å². The van der Waals surface area contributed by atoms with Gasteiger partial charge in [0.05, 0.1) is 18.9 Å². The van der Waals surface area contributed by atoms with Crippen LogP contribution >= 0.6 is 0 Å². The molecule has 0 aromatic heterocycles. The maximum Gasteiger partial charge on any atom is 0.417 e. The molecule has 0 fully saturated rings. The second kappa shape index (κ2) is 8.15. The molecule has 0 bridgehead atoms. The monoisotopic (exact) mass is 365 g/mol. The van der Waals surface area contributed by atoms with E-state index >= 15 is 0 Å². The number of methoxy groups -OCH3 is 1. The van der Waals surface area contributed by atoms with Crippen LogP contribution in [0.3, 0.4) is 0 Å². The molecule has 0 atom stereocenters. The summed E-state index contributed by atoms with van der Waals surface area (Å²) in [5.41, 5.74) is 1.05. The zero-order chi connectivity index (χ0) is 19.2. The maximum absolute atomic E-state index is 12.8. The van der Waals surface area contributed by atoms with E-state index < -0.39 is 23.6 Å². The Hall–Kier alpha value is -3.36. The van der Waals surface area contributed by atoms with Gasteiger partial charge >= 0.3 is 18.0 Å². The summed E-state index contributed by atoms with van der Waals surface area (Å²) < 4.78 is 43.5. The number of nitrogens with zero attached hydrogens (tertiary/aromatic N) is 1. The summed E-state index contributed by atoms with van der Waals surface area (Å²) in [6.07, 6.45) is -3.74. The van der Waals surface area contributed by atoms with Crippen LogP contribution in [0.25, 0.3) is 0 Å². The van der Waals surface area contributed by atoms with Gasteiger partial charge < -0.3 is 10.1 Å². The summed E-state index contributed by atoms with van der Waals surface area (Å²) in [5.74, 6) is -1.68. The molecular weight excluding hydrogens is 351 g/mol. The molecule has 2 rings (SSSR count). The Balaban J connectivity index is 2.00. The predicted molar refractivity (Wildman–Crippen MR) is 88.8 cm³/mol. The Bertz CT molecular complexity index is 835. The largest absolute Gasteiger partial charge is 0.497 e. The van der Waals surface area contributed by atoms with E-state index in [4.69, 9.17) is 4.74 Å². The molecular formula is C17H14F3N3O3. The molecule has 26 heavy (non-hydrogen) atoms. The number of carbonyl (C=O) groups excluding carboxylic acids is 2. The first-order chi connectivity index (χ1) is 12.3. The predicted octanol–water partition coefficient (Wildman–Crippen LogP) is 2.80. The summed E-state index contributed by atoms with van der Waals surface area (Å²) in [7, 11) is 1.45. The standard InChI is InChI=1S/C17H14F3N3O3/c1-26-13-7-4-6-12(9-13)22-15(24)16(25)23-21-10-11-5-2-3-8-14(11)17(18,19)20/h2-10H,1H3,(H,22,24)(H,23,25). The van der Waals surface area contributed by atoms with Gasteiger partial charge in [-0.2, -0.15) is 18.3 Å². The number of hydrogen-bond donors (Lipinski definition) is 2. The van der Waals surface area contributed by atoms with E-state index in [2.05, 4.69) is 10.4 Å². The summed E-state index contributed by atoms with van der Waals surface area (Å²) >= 11 is 0. The first-order valence-electron chi connectivity index (χ1n) is 7.26. The van der Waals surface area contributed by atoms with Gasteiger partial charge in [0.25, 0.3) is 0 Å². The molecule has 0 aliphatic carbocycles. The van der Waals surface area contributed by atoms with Gasteiger partial charge in [0.15, 0.2) is 0 Å². The number of alkyl halides is 3. The van der Waals surface area contributed by atoms with Crippen molar-refractivity contribution in [2.45, 2.75) is 6.18 Å². The highest BCUT2D eigenvalue weighted by Gasteiger charge is 2.32. The molecule has 0 radical (unpaired) electrons. The molecule has 6 nitrogen and oxygen atoms in total. The molecule has 2 aromatic rings. The smallest absolute Gasteiger partial charge is 0.417 e. The van der Waals surface area contributed by atoms with E-state index in [0.29, 0.717) is 11.4 Å². The Labute approximate surface area is 146 Å². The maximum atomic E-state index is 12.8. The van der Waals surface area contributed by atoms with Crippen molar-refractivity contribution in [3.8, 4) is 5.75 Å². The van der Waals surface area contributed by atoms with Crippen molar-refractivity contribution in [2.24, 2.45) is 5.10 Å². The number of rotatable bonds is 4. The second-order valence-corrected chi connectivity index (χ2v) is 4.97. The lowest BCUT2D eigenvalue weighted by molar-refractivity contribution is -0.137. The molecule has 2 amide bonds. The van der Waals surface area contributed by atoms with Crippen molar-refractivity contribution in [3.05, 3.63) is 59.7 Å². The zero-order valence-electron chi connectivity index (χ0n) is 13.5. The van der Waals surface area contributed by atoms with Crippen molar-refractivity contribution in [1.82, 2.24) is 5.43 Å². The first-order valence-corrected chi connectivity index (χ1v) is 7.26. The minimum Gasteiger partial charge on any atom is -0.497 e. The molecule has 2 N–H and O–H groups in total. The van der Waals surface area contributed by atoms with Crippen molar-refractivity contribution >= 4 is 23.7 Å². The fourth-order valence-electron chi connectivity index (χ4n) is 1.97. The minimum atomic E-state index is -4.56. The van der Waals surface area contributed by atoms with Gasteiger partial charge in [-0.1, -0.05) is 24.3 Å². The third-order valence-electron chi connectivity index (χ3n) is 3.17. The number of anilines is 1. The third kappa shape index (κ3) is 5.07. The number of hydrogen-bond acceptors (Lipinski definition) is 4. The Morgan fingerprint density at radius 1 is 1.08 bits per heavy atom. The fraction of sp³-hybridized carbons (Fsp3) is 0.118. The quantitative estimate of drug-likeness (QED) is 0.497. The Kier molecular flexibility index (Phi) is 5.94. The molecule has 0 heterocycles. The molecule has 0 aliphatic rings. The molecule has 2 aromatic carbocycles. The Morgan fingerprint density at radius 2 is 1.81 bits per heavy atom. The van der Waals surface area contributed by atoms with Gasteiger partial charge in [0.1, 0.15) is 5.75 Å². The van der Waals surface area contributed by atoms with Crippen LogP contribution in [0.1, 0.15) is 11.1 Å². The topological polar surface area (TPSA) is 79.8 Å². The van der Waals surface area contributed by atoms with Gasteiger partial charge in [0.2, 0.25) is 0 Å². The molecule has 0 saturated carbocycles. The normalized spacial score (nSPS) is 11.2. The zero-order valence-corrected chi connectivity index (χ0v) is 13.5. The summed E-state index contributed by atoms with van der Waals surface area (Å²) in [6, 6.07) is 11.0. The Morgan fingerprint density at radius 3 is 2.50 bits per heavy atom. The highest BCUT2D eigenvalue weighted by Crippen LogP contribution is 2.31. The van der Waals surface area contributed by atoms with E-state index in [1.54, 1.807) is 12.1 Å². The van der Waals surface area contributed by atoms with Crippen LogP contribution in [0.4, 0.5) is 18.9 Å². The number of hydrazone groups is 1. The van der Waals surface area contributed by atoms with Crippen molar-refractivity contribution in [1.29, 1.82) is 0 Å². The van der Waals surface area contributed by atoms with Crippen LogP contribution in [0.15, 0.2) is 53.6 Å². The fourth-order valence-corrected chi connectivity index (χ4v) is 1.97. The average Bonchev–Trinajstić information content (AvgIpc) is 2.61. The number of carbonyl (C=O) groups is 2. The first kappa shape index (κ1) is 19.0. The van der Waals surface area contributed by atoms with E-state index in [1.807, 2.05) is 5.43 Å². The van der Waals surface area contributed by atoms with Crippen LogP contribution in [-0.4, -0.2) is 25.1 Å². The van der Waals surface area contributed by atoms with E-state index in [1.165, 1.54) is 37.4 Å². The molecule has 0 unspecified atom stereocenters. The highest BCUT2D eigenvalue weighted by atomic mass is 19.4. The van der Waals surface area contributed by atoms with E-state index in [0.717, 1.165) is 12.3 Å². The number of benzene rings is 2. The second-order valence-electron chi connectivity index (χ2n) is 4.97. The molecule has 0 aliphatic heterocycles. The third-order valence-corrected chi connectivity index (χ3v) is 3.17. The average molecular weight is 365 g/mol. The van der Waals surface area contributed by atoms with E-state index in [-0.39, 0.29) is 5.56 Å². The van der Waals surface area contributed by atoms with Crippen molar-refractivity contribution in [2.75, 3.05) is 12.4 Å². The summed E-state index contributed by atoms with van der Waals surface area (Å²) in [5, 5.41) is 5.72. The van der Waals surface area contributed by atoms with Crippen LogP contribution in [0.2, 0.25) is 0 Å². The van der Waals surface area contributed by atoms with Gasteiger partial charge in [-0.05, 0) is 18.2 Å². The van der Waals surface area contributed by atoms with E-state index in [9.17, 15) is 22.8 Å². The van der Waals surface area contributed by atoms with Gasteiger partial charge in [-0.15, -0.1) is 0 Å². The SMILES string of the molecule is COc1cccc(NC(=O)C(=O)NN=Cc2ccccc2C(F)(F)F)c1. The van der Waals surface area contributed by atoms with Crippen LogP contribution in [0.5, 0.6) is 5.75 Å². The van der Waals surface area contributed by atoms with Gasteiger partial charge in [-0.25, -0.2) is 5.43 Å². The summed E-state index contributed by atoms with van der Waals surface area (Å²) in [4.78, 5) is 23.4. The molecule has 0 saturated heterocycles. The van der Waals surface area contributed by atoms with Crippen molar-refractivity contribution < 1.29 is 27.5 Å². The van der Waals surface area contributed by atoms with Gasteiger partial charge in [-0.3, -0.25) is 9.59 Å². The van der Waals surface area contributed by atoms with Crippen molar-refractivity contribution in [3.63, 3.8) is 0 Å². The minimum absolute atomic E-state index is 0.242. The van der Waals surface area contributed by atoms with Crippen LogP contribution in [0, 0.1) is 0 Å².